The fourth-order valence-corrected chi connectivity index (χ4v) is 5.02. The molecule has 1 fully saturated rings. The highest BCUT2D eigenvalue weighted by atomic mass is 35.5. The van der Waals surface area contributed by atoms with Crippen LogP contribution in [0.1, 0.15) is 30.1 Å². The first-order chi connectivity index (χ1) is 16.7. The number of Topliss-reactive ketones (excluding diaryl/α,β-unsaturated/α-hetero) is 1. The van der Waals surface area contributed by atoms with Crippen LogP contribution in [0.5, 0.6) is 0 Å². The van der Waals surface area contributed by atoms with Gasteiger partial charge in [-0.2, -0.15) is 10.2 Å². The van der Waals surface area contributed by atoms with Gasteiger partial charge in [0.15, 0.2) is 11.6 Å². The van der Waals surface area contributed by atoms with Crippen molar-refractivity contribution in [2.45, 2.75) is 25.8 Å². The maximum Gasteiger partial charge on any atom is 0.295 e. The summed E-state index contributed by atoms with van der Waals surface area (Å²) in [5.74, 6) is -0.601. The lowest BCUT2D eigenvalue weighted by Gasteiger charge is -2.38. The highest BCUT2D eigenvalue weighted by Crippen LogP contribution is 2.37. The zero-order valence-corrected chi connectivity index (χ0v) is 19.7. The minimum absolute atomic E-state index is 0.0291. The fourth-order valence-electron chi connectivity index (χ4n) is 4.80. The van der Waals surface area contributed by atoms with Crippen LogP contribution in [0.25, 0.3) is 16.9 Å². The maximum atomic E-state index is 13.6. The Hall–Kier alpha value is -3.86. The molecule has 0 spiro atoms. The summed E-state index contributed by atoms with van der Waals surface area (Å²) in [7, 11) is 1.80. The number of rotatable bonds is 5. The summed E-state index contributed by atoms with van der Waals surface area (Å²) < 4.78 is 15.4. The third-order valence-electron chi connectivity index (χ3n) is 6.45. The molecule has 0 aliphatic carbocycles. The van der Waals surface area contributed by atoms with Crippen LogP contribution >= 0.6 is 11.6 Å². The average molecular weight is 498 g/mol. The van der Waals surface area contributed by atoms with Crippen LogP contribution in [0.2, 0.25) is 5.02 Å². The van der Waals surface area contributed by atoms with Crippen LogP contribution in [-0.2, 0) is 7.05 Å². The third kappa shape index (κ3) is 4.01. The minimum atomic E-state index is -0.659. The van der Waals surface area contributed by atoms with Gasteiger partial charge in [-0.1, -0.05) is 11.6 Å². The largest absolute Gasteiger partial charge is 0.363 e. The molecule has 3 aromatic heterocycles. The molecule has 4 aromatic rings. The van der Waals surface area contributed by atoms with Crippen LogP contribution in [0.3, 0.4) is 0 Å². The Morgan fingerprint density at radius 1 is 1.26 bits per heavy atom. The standard InChI is InChI=1S/C23H21ClFN7O3/c1-13-9-14(5-8-30(13)19-4-3-15(25)10-20(19)32(34)35)21(33)17-12-29(2)22-16(17)11-18(24)23(28-22)31-26-6-7-27-31/h3-4,6-7,10-14H,5,8-9H2,1-2H3/t13-,14-/m1/s1. The Balaban J connectivity index is 1.42. The number of aromatic nitrogens is 5. The number of carbonyl (C=O) groups is 1. The molecule has 4 heterocycles. The molecule has 5 rings (SSSR count). The van der Waals surface area contributed by atoms with Gasteiger partial charge in [-0.15, -0.1) is 4.80 Å². The van der Waals surface area contributed by atoms with E-state index in [4.69, 9.17) is 11.6 Å². The number of hydrogen-bond acceptors (Lipinski definition) is 7. The molecule has 10 nitrogen and oxygen atoms in total. The lowest BCUT2D eigenvalue weighted by Crippen LogP contribution is -2.43. The van der Waals surface area contributed by atoms with Crippen molar-refractivity contribution in [2.24, 2.45) is 13.0 Å². The van der Waals surface area contributed by atoms with Crippen molar-refractivity contribution in [3.05, 3.63) is 69.4 Å². The lowest BCUT2D eigenvalue weighted by molar-refractivity contribution is -0.384. The Morgan fingerprint density at radius 2 is 2.00 bits per heavy atom. The summed E-state index contributed by atoms with van der Waals surface area (Å²) in [4.78, 5) is 32.2. The summed E-state index contributed by atoms with van der Waals surface area (Å²) in [5.41, 5.74) is 1.18. The highest BCUT2D eigenvalue weighted by molar-refractivity contribution is 6.33. The van der Waals surface area contributed by atoms with E-state index in [1.165, 1.54) is 29.3 Å². The summed E-state index contributed by atoms with van der Waals surface area (Å²) in [6, 6.07) is 5.12. The number of ketones is 1. The topological polar surface area (TPSA) is 112 Å². The third-order valence-corrected chi connectivity index (χ3v) is 6.73. The Bertz CT molecular complexity index is 1450. The number of pyridine rings is 1. The van der Waals surface area contributed by atoms with Gasteiger partial charge in [0.25, 0.3) is 5.69 Å². The van der Waals surface area contributed by atoms with Gasteiger partial charge in [-0.3, -0.25) is 14.9 Å². The Labute approximate surface area is 204 Å². The van der Waals surface area contributed by atoms with Crippen molar-refractivity contribution >= 4 is 39.8 Å². The number of halogens is 2. The number of piperidine rings is 1. The number of nitro groups is 1. The number of aryl methyl sites for hydroxylation is 1. The summed E-state index contributed by atoms with van der Waals surface area (Å²) in [6.07, 6.45) is 5.80. The predicted molar refractivity (Wildman–Crippen MR) is 128 cm³/mol. The van der Waals surface area contributed by atoms with Crippen molar-refractivity contribution in [3.8, 4) is 5.82 Å². The van der Waals surface area contributed by atoms with Crippen molar-refractivity contribution in [2.75, 3.05) is 11.4 Å². The highest BCUT2D eigenvalue weighted by Gasteiger charge is 2.34. The summed E-state index contributed by atoms with van der Waals surface area (Å²) in [5, 5.41) is 20.6. The SMILES string of the molecule is C[C@@H]1C[C@H](C(=O)c2cn(C)c3nc(-n4nccn4)c(Cl)cc23)CCN1c1ccc(F)cc1[N+](=O)[O-]. The average Bonchev–Trinajstić information content (AvgIpc) is 3.46. The molecular formula is C23H21ClFN7O3. The fraction of sp³-hybridized carbons (Fsp3) is 0.304. The molecule has 35 heavy (non-hydrogen) atoms. The second kappa shape index (κ2) is 8.73. The molecule has 180 valence electrons. The maximum absolute atomic E-state index is 13.6. The van der Waals surface area contributed by atoms with Crippen molar-refractivity contribution in [3.63, 3.8) is 0 Å². The van der Waals surface area contributed by atoms with Crippen molar-refractivity contribution < 1.29 is 14.1 Å². The van der Waals surface area contributed by atoms with E-state index < -0.39 is 10.7 Å². The number of nitrogens with zero attached hydrogens (tertiary/aromatic N) is 7. The molecular weight excluding hydrogens is 477 g/mol. The molecule has 1 saturated heterocycles. The molecule has 0 amide bonds. The van der Waals surface area contributed by atoms with E-state index in [1.807, 2.05) is 11.8 Å². The van der Waals surface area contributed by atoms with Gasteiger partial charge < -0.3 is 9.47 Å². The molecule has 1 aromatic carbocycles. The van der Waals surface area contributed by atoms with Gasteiger partial charge in [0.1, 0.15) is 17.2 Å². The van der Waals surface area contributed by atoms with E-state index in [1.54, 1.807) is 23.9 Å². The first-order valence-corrected chi connectivity index (χ1v) is 11.4. The van der Waals surface area contributed by atoms with Crippen LogP contribution in [0.4, 0.5) is 15.8 Å². The second-order valence-electron chi connectivity index (χ2n) is 8.66. The van der Waals surface area contributed by atoms with Crippen LogP contribution in [-0.4, -0.2) is 47.8 Å². The van der Waals surface area contributed by atoms with E-state index in [-0.39, 0.29) is 23.4 Å². The zero-order chi connectivity index (χ0) is 24.9. The minimum Gasteiger partial charge on any atom is -0.363 e. The predicted octanol–water partition coefficient (Wildman–Crippen LogP) is 4.34. The molecule has 0 bridgehead atoms. The first kappa shape index (κ1) is 22.9. The Kier molecular flexibility index (Phi) is 5.72. The molecule has 1 aliphatic rings. The smallest absolute Gasteiger partial charge is 0.295 e. The number of carbonyl (C=O) groups excluding carboxylic acids is 1. The van der Waals surface area contributed by atoms with E-state index in [2.05, 4.69) is 15.2 Å². The zero-order valence-electron chi connectivity index (χ0n) is 18.9. The molecule has 0 saturated carbocycles. The van der Waals surface area contributed by atoms with Gasteiger partial charge in [-0.05, 0) is 38.0 Å². The van der Waals surface area contributed by atoms with E-state index in [0.29, 0.717) is 52.5 Å². The summed E-state index contributed by atoms with van der Waals surface area (Å²) in [6.45, 7) is 2.35. The number of hydrogen-bond donors (Lipinski definition) is 0. The van der Waals surface area contributed by atoms with E-state index in [0.717, 1.165) is 6.07 Å². The molecule has 0 radical (unpaired) electrons. The van der Waals surface area contributed by atoms with Crippen molar-refractivity contribution in [1.29, 1.82) is 0 Å². The van der Waals surface area contributed by atoms with Crippen molar-refractivity contribution in [1.82, 2.24) is 24.5 Å². The van der Waals surface area contributed by atoms with Gasteiger partial charge in [0, 0.05) is 42.7 Å². The normalized spacial score (nSPS) is 18.2. The van der Waals surface area contributed by atoms with Gasteiger partial charge >= 0.3 is 0 Å². The number of benzene rings is 1. The van der Waals surface area contributed by atoms with E-state index >= 15 is 0 Å². The van der Waals surface area contributed by atoms with Gasteiger partial charge in [0.2, 0.25) is 0 Å². The van der Waals surface area contributed by atoms with Gasteiger partial charge in [-0.25, -0.2) is 9.37 Å². The van der Waals surface area contributed by atoms with Crippen LogP contribution in [0, 0.1) is 21.8 Å². The molecule has 1 aliphatic heterocycles. The summed E-state index contributed by atoms with van der Waals surface area (Å²) >= 11 is 6.46. The second-order valence-corrected chi connectivity index (χ2v) is 9.06. The number of nitro benzene ring substituents is 1. The Morgan fingerprint density at radius 3 is 2.69 bits per heavy atom. The molecule has 0 unspecified atom stereocenters. The first-order valence-electron chi connectivity index (χ1n) is 11.0. The number of fused-ring (bicyclic) bond motifs is 1. The van der Waals surface area contributed by atoms with Gasteiger partial charge in [0.05, 0.1) is 28.4 Å². The lowest BCUT2D eigenvalue weighted by atomic mass is 9.85. The van der Waals surface area contributed by atoms with E-state index in [9.17, 15) is 19.3 Å². The molecule has 2 atom stereocenters. The van der Waals surface area contributed by atoms with Crippen LogP contribution < -0.4 is 4.90 Å². The molecule has 0 N–H and O–H groups in total. The quantitative estimate of drug-likeness (QED) is 0.229. The number of anilines is 1. The monoisotopic (exact) mass is 497 g/mol. The van der Waals surface area contributed by atoms with Crippen LogP contribution in [0.15, 0.2) is 42.9 Å². The molecule has 12 heteroatoms.